The first-order chi connectivity index (χ1) is 71.5. The van der Waals surface area contributed by atoms with Crippen LogP contribution in [0.2, 0.25) is 0 Å². The van der Waals surface area contributed by atoms with Gasteiger partial charge in [-0.2, -0.15) is 0 Å². The van der Waals surface area contributed by atoms with Crippen molar-refractivity contribution in [2.24, 2.45) is 0 Å². The summed E-state index contributed by atoms with van der Waals surface area (Å²) in [5.74, 6) is 0. The van der Waals surface area contributed by atoms with Gasteiger partial charge in [0.05, 0.1) is 77.6 Å². The standard InChI is InChI=1S/2C48H32N2.C42H28N2/c1-3-13-33(14-4-1)34-23-27-38(28-24-34)49-45-21-11-8-18-40(45)42-31-36(25-29-47(42)49)37-26-30-48-43(32-37)41-19-9-12-22-46(41)50(48)44-20-10-7-17-39(44)35-15-5-2-6-16-35;1-3-12-33(13-4-1)35-22-26-39(27-23-35)49-45-20-9-7-18-41(45)43-31-37(24-28-47(43)49)38-25-29-48-44(32-38)42-19-8-10-21-46(42)50(48)40-17-11-16-36(30-40)34-14-5-2-6-15-34;1-3-13-29(14-4-1)33-17-7-10-20-38(33)44-40-22-12-9-19-35(40)37-28-31(24-26-42(37)44)30-23-25-41-36(27-30)34-18-8-11-21-39(34)43(41)32-15-5-2-6-16-32/h2*1-32H;1-28H. The summed E-state index contributed by atoms with van der Waals surface area (Å²) in [7, 11) is 0. The SMILES string of the molecule is c1ccc(-c2ccc(-n3c4ccccc4c4cc(-c5ccc6c(c5)c5ccccc5n6-c5cccc(-c6ccccc6)c5)ccc43)cc2)cc1.c1ccc(-c2ccc(-n3c4ccccc4c4cc(-c5ccc6c(c5)c5ccccc5n6-c5ccccc5-c5ccccc5)ccc43)cc2)cc1.c1ccc(-c2ccccc2-n2c3ccccc3c3cc(-c4ccc5c(c4)c4ccccc4n5-c4ccccc4)ccc32)cc1. The van der Waals surface area contributed by atoms with Crippen molar-refractivity contribution in [3.63, 3.8) is 0 Å². The minimum absolute atomic E-state index is 1.16. The van der Waals surface area contributed by atoms with Gasteiger partial charge in [0.1, 0.15) is 0 Å². The lowest BCUT2D eigenvalue weighted by molar-refractivity contribution is 1.18. The molecule has 0 bridgehead atoms. The Bertz CT molecular complexity index is 9980. The smallest absolute Gasteiger partial charge is 0.0541 e. The first-order valence-corrected chi connectivity index (χ1v) is 49.5. The van der Waals surface area contributed by atoms with Gasteiger partial charge in [-0.15, -0.1) is 0 Å². The molecule has 6 heterocycles. The van der Waals surface area contributed by atoms with Crippen LogP contribution in [0.4, 0.5) is 0 Å². The molecule has 29 rings (SSSR count). The van der Waals surface area contributed by atoms with Crippen molar-refractivity contribution in [1.29, 1.82) is 0 Å². The minimum Gasteiger partial charge on any atom is -0.309 e. The fourth-order valence-corrected chi connectivity index (χ4v) is 22.5. The third kappa shape index (κ3) is 14.7. The number of nitrogens with zero attached hydrogens (tertiary/aromatic N) is 6. The van der Waals surface area contributed by atoms with Gasteiger partial charge in [-0.05, 0) is 248 Å². The first kappa shape index (κ1) is 84.2. The maximum Gasteiger partial charge on any atom is 0.0541 e. The molecule has 0 spiro atoms. The molecule has 674 valence electrons. The number of rotatable bonds is 14. The van der Waals surface area contributed by atoms with Gasteiger partial charge < -0.3 is 27.4 Å². The second-order valence-electron chi connectivity index (χ2n) is 37.4. The Morgan fingerprint density at radius 1 is 0.0903 bits per heavy atom. The predicted molar refractivity (Wildman–Crippen MR) is 609 cm³/mol. The summed E-state index contributed by atoms with van der Waals surface area (Å²) in [4.78, 5) is 0. The Hall–Kier alpha value is -19.1. The number of benzene rings is 23. The summed E-state index contributed by atoms with van der Waals surface area (Å²) in [6.07, 6.45) is 0. The van der Waals surface area contributed by atoms with Crippen LogP contribution in [0.3, 0.4) is 0 Å². The average Bonchev–Trinajstić information content (AvgIpc) is 1.58. The van der Waals surface area contributed by atoms with E-state index in [-0.39, 0.29) is 0 Å². The molecule has 0 saturated heterocycles. The van der Waals surface area contributed by atoms with E-state index in [1.807, 2.05) is 0 Å². The molecule has 6 heteroatoms. The normalized spacial score (nSPS) is 11.6. The molecule has 6 aromatic heterocycles. The van der Waals surface area contributed by atoms with E-state index in [4.69, 9.17) is 0 Å². The number of hydrogen-bond donors (Lipinski definition) is 0. The van der Waals surface area contributed by atoms with Crippen molar-refractivity contribution in [1.82, 2.24) is 27.4 Å². The monoisotopic (exact) mass is 1830 g/mol. The van der Waals surface area contributed by atoms with Gasteiger partial charge in [0.2, 0.25) is 0 Å². The summed E-state index contributed by atoms with van der Waals surface area (Å²) in [5.41, 5.74) is 41.0. The van der Waals surface area contributed by atoms with Crippen molar-refractivity contribution in [2.45, 2.75) is 0 Å². The van der Waals surface area contributed by atoms with E-state index < -0.39 is 0 Å². The number of aromatic nitrogens is 6. The molecule has 0 unspecified atom stereocenters. The zero-order valence-electron chi connectivity index (χ0n) is 78.8. The van der Waals surface area contributed by atoms with E-state index >= 15 is 0 Å². The maximum atomic E-state index is 2.43. The van der Waals surface area contributed by atoms with Gasteiger partial charge in [0.15, 0.2) is 0 Å². The van der Waals surface area contributed by atoms with Gasteiger partial charge in [-0.3, -0.25) is 0 Å². The molecule has 0 N–H and O–H groups in total. The van der Waals surface area contributed by atoms with Crippen molar-refractivity contribution in [3.05, 3.63) is 558 Å². The summed E-state index contributed by atoms with van der Waals surface area (Å²) in [5, 5.41) is 15.1. The van der Waals surface area contributed by atoms with Crippen LogP contribution in [0.15, 0.2) is 558 Å². The van der Waals surface area contributed by atoms with E-state index in [0.29, 0.717) is 0 Å². The fourth-order valence-electron chi connectivity index (χ4n) is 22.5. The van der Waals surface area contributed by atoms with Crippen LogP contribution < -0.4 is 0 Å². The third-order valence-corrected chi connectivity index (χ3v) is 29.2. The van der Waals surface area contributed by atoms with Gasteiger partial charge in [-0.1, -0.05) is 388 Å². The van der Waals surface area contributed by atoms with Gasteiger partial charge in [-0.25, -0.2) is 0 Å². The Labute approximate surface area is 833 Å². The molecule has 0 fully saturated rings. The molecule has 6 nitrogen and oxygen atoms in total. The third-order valence-electron chi connectivity index (χ3n) is 29.2. The quantitative estimate of drug-likeness (QED) is 0.104. The highest BCUT2D eigenvalue weighted by molar-refractivity contribution is 6.18. The van der Waals surface area contributed by atoms with Crippen LogP contribution in [0, 0.1) is 0 Å². The van der Waals surface area contributed by atoms with Crippen molar-refractivity contribution < 1.29 is 0 Å². The number of para-hydroxylation sites is 9. The predicted octanol–water partition coefficient (Wildman–Crippen LogP) is 37.0. The molecule has 0 aliphatic rings. The summed E-state index contributed by atoms with van der Waals surface area (Å²) < 4.78 is 14.4. The molecule has 29 aromatic rings. The highest BCUT2D eigenvalue weighted by Gasteiger charge is 2.24. The van der Waals surface area contributed by atoms with Crippen molar-refractivity contribution >= 4 is 131 Å². The van der Waals surface area contributed by atoms with Gasteiger partial charge in [0, 0.05) is 98.5 Å². The topological polar surface area (TPSA) is 29.6 Å². The van der Waals surface area contributed by atoms with E-state index in [9.17, 15) is 0 Å². The first-order valence-electron chi connectivity index (χ1n) is 49.5. The molecule has 23 aromatic carbocycles. The largest absolute Gasteiger partial charge is 0.309 e. The van der Waals surface area contributed by atoms with Crippen molar-refractivity contribution in [2.75, 3.05) is 0 Å². The summed E-state index contributed by atoms with van der Waals surface area (Å²) in [6, 6.07) is 202. The average molecular weight is 1830 g/mol. The lowest BCUT2D eigenvalue weighted by atomic mass is 10.0. The number of fused-ring (bicyclic) bond motifs is 18. The molecular weight excluding hydrogens is 1740 g/mol. The fraction of sp³-hybridized carbons (Fsp3) is 0. The Balaban J connectivity index is 0.000000108. The molecule has 0 saturated carbocycles. The Morgan fingerprint density at radius 3 is 0.569 bits per heavy atom. The van der Waals surface area contributed by atoms with Crippen LogP contribution in [0.5, 0.6) is 0 Å². The van der Waals surface area contributed by atoms with Crippen LogP contribution in [-0.2, 0) is 0 Å². The molecule has 144 heavy (non-hydrogen) atoms. The minimum atomic E-state index is 1.16. The number of hydrogen-bond acceptors (Lipinski definition) is 0. The zero-order chi connectivity index (χ0) is 95.1. The van der Waals surface area contributed by atoms with E-state index in [0.717, 1.165) is 17.1 Å². The summed E-state index contributed by atoms with van der Waals surface area (Å²) in [6.45, 7) is 0. The molecule has 0 radical (unpaired) electrons. The molecule has 0 atom stereocenters. The van der Waals surface area contributed by atoms with Gasteiger partial charge in [0.25, 0.3) is 0 Å². The van der Waals surface area contributed by atoms with Crippen LogP contribution >= 0.6 is 0 Å². The van der Waals surface area contributed by atoms with E-state index in [1.54, 1.807) is 0 Å². The second-order valence-corrected chi connectivity index (χ2v) is 37.4. The molecular formula is C138H92N6. The Kier molecular flexibility index (Phi) is 20.9. The zero-order valence-corrected chi connectivity index (χ0v) is 78.8. The van der Waals surface area contributed by atoms with Crippen LogP contribution in [0.25, 0.3) is 254 Å². The lowest BCUT2D eigenvalue weighted by Crippen LogP contribution is -1.97. The summed E-state index contributed by atoms with van der Waals surface area (Å²) >= 11 is 0. The second kappa shape index (κ2) is 35.7. The Morgan fingerprint density at radius 2 is 0.271 bits per heavy atom. The highest BCUT2D eigenvalue weighted by atomic mass is 15.0. The van der Waals surface area contributed by atoms with Crippen LogP contribution in [-0.4, -0.2) is 27.4 Å². The van der Waals surface area contributed by atoms with Crippen molar-refractivity contribution in [3.8, 4) is 123 Å². The maximum absolute atomic E-state index is 2.43. The lowest BCUT2D eigenvalue weighted by Gasteiger charge is -2.14. The molecule has 0 aliphatic carbocycles. The highest BCUT2D eigenvalue weighted by Crippen LogP contribution is 2.47. The van der Waals surface area contributed by atoms with E-state index in [2.05, 4.69) is 586 Å². The molecule has 0 aliphatic heterocycles. The van der Waals surface area contributed by atoms with Crippen LogP contribution in [0.1, 0.15) is 0 Å². The molecule has 0 amide bonds. The van der Waals surface area contributed by atoms with E-state index in [1.165, 1.54) is 237 Å². The van der Waals surface area contributed by atoms with Gasteiger partial charge >= 0.3 is 0 Å².